The van der Waals surface area contributed by atoms with Gasteiger partial charge in [0.1, 0.15) is 0 Å². The van der Waals surface area contributed by atoms with Gasteiger partial charge in [0, 0.05) is 29.7 Å². The van der Waals surface area contributed by atoms with Crippen LogP contribution in [-0.4, -0.2) is 13.1 Å². The van der Waals surface area contributed by atoms with Crippen LogP contribution >= 0.6 is 23.2 Å². The highest BCUT2D eigenvalue weighted by atomic mass is 35.5. The number of benzene rings is 1. The van der Waals surface area contributed by atoms with E-state index in [-0.39, 0.29) is 0 Å². The van der Waals surface area contributed by atoms with Crippen LogP contribution in [0.15, 0.2) is 18.2 Å². The highest BCUT2D eigenvalue weighted by Gasteiger charge is 2.29. The molecule has 2 rings (SSSR count). The second kappa shape index (κ2) is 5.93. The zero-order chi connectivity index (χ0) is 14.0. The fourth-order valence-corrected chi connectivity index (χ4v) is 3.34. The van der Waals surface area contributed by atoms with Crippen molar-refractivity contribution >= 4 is 28.9 Å². The summed E-state index contributed by atoms with van der Waals surface area (Å²) in [6.07, 6.45) is 5.08. The lowest BCUT2D eigenvalue weighted by Crippen LogP contribution is -2.37. The first-order valence-corrected chi connectivity index (χ1v) is 7.91. The van der Waals surface area contributed by atoms with Crippen molar-refractivity contribution < 1.29 is 0 Å². The van der Waals surface area contributed by atoms with E-state index in [1.54, 1.807) is 0 Å². The molecule has 0 bridgehead atoms. The van der Waals surface area contributed by atoms with E-state index in [1.807, 2.05) is 18.2 Å². The molecule has 0 aromatic heterocycles. The Morgan fingerprint density at radius 3 is 2.47 bits per heavy atom. The summed E-state index contributed by atoms with van der Waals surface area (Å²) in [7, 11) is 2.17. The van der Waals surface area contributed by atoms with Crippen LogP contribution in [0.1, 0.15) is 45.1 Å². The Hall–Kier alpha value is -0.400. The van der Waals surface area contributed by atoms with Crippen LogP contribution in [0.25, 0.3) is 0 Å². The number of rotatable bonds is 3. The first-order chi connectivity index (χ1) is 8.93. The van der Waals surface area contributed by atoms with Crippen LogP contribution in [0.5, 0.6) is 0 Å². The standard InChI is InChI=1S/C16H23Cl2N/c1-16(2)8-6-14(7-9-16)19(3)15-10-13(18)5-4-12(15)11-17/h4-5,10,14H,6-9,11H2,1-3H3. The Kier molecular flexibility index (Phi) is 4.68. The molecule has 0 radical (unpaired) electrons. The number of hydrogen-bond donors (Lipinski definition) is 0. The molecule has 1 aromatic rings. The van der Waals surface area contributed by atoms with Gasteiger partial charge in [-0.3, -0.25) is 0 Å². The molecule has 1 aliphatic rings. The van der Waals surface area contributed by atoms with E-state index >= 15 is 0 Å². The Bertz CT molecular complexity index is 432. The number of halogens is 2. The Morgan fingerprint density at radius 2 is 1.89 bits per heavy atom. The molecule has 1 aromatic carbocycles. The molecule has 1 aliphatic carbocycles. The van der Waals surface area contributed by atoms with Gasteiger partial charge in [-0.2, -0.15) is 0 Å². The highest BCUT2D eigenvalue weighted by Crippen LogP contribution is 2.38. The minimum absolute atomic E-state index is 0.501. The first kappa shape index (κ1) is 15.0. The highest BCUT2D eigenvalue weighted by molar-refractivity contribution is 6.31. The predicted molar refractivity (Wildman–Crippen MR) is 85.4 cm³/mol. The van der Waals surface area contributed by atoms with Gasteiger partial charge in [-0.05, 0) is 48.8 Å². The van der Waals surface area contributed by atoms with E-state index in [1.165, 1.54) is 36.9 Å². The average Bonchev–Trinajstić information content (AvgIpc) is 2.38. The lowest BCUT2D eigenvalue weighted by atomic mass is 9.75. The van der Waals surface area contributed by atoms with Crippen LogP contribution in [-0.2, 0) is 5.88 Å². The van der Waals surface area contributed by atoms with Gasteiger partial charge in [0.2, 0.25) is 0 Å². The Labute approximate surface area is 126 Å². The van der Waals surface area contributed by atoms with Gasteiger partial charge < -0.3 is 4.90 Å². The summed E-state index contributed by atoms with van der Waals surface area (Å²) >= 11 is 12.2. The molecule has 3 heteroatoms. The number of hydrogen-bond acceptors (Lipinski definition) is 1. The molecule has 1 saturated carbocycles. The van der Waals surface area contributed by atoms with Gasteiger partial charge in [-0.15, -0.1) is 11.6 Å². The van der Waals surface area contributed by atoms with Crippen molar-refractivity contribution in [2.75, 3.05) is 11.9 Å². The smallest absolute Gasteiger partial charge is 0.0494 e. The predicted octanol–water partition coefficient (Wildman–Crippen LogP) is 5.48. The average molecular weight is 300 g/mol. The van der Waals surface area contributed by atoms with Gasteiger partial charge in [-0.25, -0.2) is 0 Å². The fourth-order valence-electron chi connectivity index (χ4n) is 2.95. The van der Waals surface area contributed by atoms with Crippen LogP contribution in [0.3, 0.4) is 0 Å². The van der Waals surface area contributed by atoms with Crippen LogP contribution in [0.2, 0.25) is 5.02 Å². The molecule has 19 heavy (non-hydrogen) atoms. The van der Waals surface area contributed by atoms with Crippen molar-refractivity contribution in [2.24, 2.45) is 5.41 Å². The second-order valence-corrected chi connectivity index (χ2v) is 7.12. The van der Waals surface area contributed by atoms with Crippen LogP contribution in [0, 0.1) is 5.41 Å². The van der Waals surface area contributed by atoms with E-state index in [0.29, 0.717) is 17.3 Å². The maximum Gasteiger partial charge on any atom is 0.0494 e. The summed E-state index contributed by atoms with van der Waals surface area (Å²) in [5.74, 6) is 0.537. The van der Waals surface area contributed by atoms with Crippen molar-refractivity contribution in [2.45, 2.75) is 51.5 Å². The van der Waals surface area contributed by atoms with Gasteiger partial charge in [0.15, 0.2) is 0 Å². The third-order valence-electron chi connectivity index (χ3n) is 4.43. The molecular weight excluding hydrogens is 277 g/mol. The number of anilines is 1. The first-order valence-electron chi connectivity index (χ1n) is 7.00. The summed E-state index contributed by atoms with van der Waals surface area (Å²) in [5.41, 5.74) is 2.85. The lowest BCUT2D eigenvalue weighted by Gasteiger charge is -2.40. The fraction of sp³-hybridized carbons (Fsp3) is 0.625. The summed E-state index contributed by atoms with van der Waals surface area (Å²) in [6.45, 7) is 4.74. The Morgan fingerprint density at radius 1 is 1.26 bits per heavy atom. The van der Waals surface area contributed by atoms with E-state index < -0.39 is 0 Å². The summed E-state index contributed by atoms with van der Waals surface area (Å²) in [5, 5.41) is 0.784. The maximum atomic E-state index is 6.13. The van der Waals surface area contributed by atoms with Crippen molar-refractivity contribution in [3.8, 4) is 0 Å². The molecule has 0 aliphatic heterocycles. The largest absolute Gasteiger partial charge is 0.371 e. The third-order valence-corrected chi connectivity index (χ3v) is 4.95. The molecule has 106 valence electrons. The van der Waals surface area contributed by atoms with Crippen molar-refractivity contribution in [1.29, 1.82) is 0 Å². The Balaban J connectivity index is 2.16. The SMILES string of the molecule is CN(c1cc(Cl)ccc1CCl)C1CCC(C)(C)CC1. The van der Waals surface area contributed by atoms with E-state index in [0.717, 1.165) is 5.02 Å². The zero-order valence-corrected chi connectivity index (χ0v) is 13.6. The monoisotopic (exact) mass is 299 g/mol. The molecule has 0 heterocycles. The molecule has 0 saturated heterocycles. The summed E-state index contributed by atoms with van der Waals surface area (Å²) in [6, 6.07) is 6.60. The van der Waals surface area contributed by atoms with Gasteiger partial charge in [0.05, 0.1) is 0 Å². The number of nitrogens with zero attached hydrogens (tertiary/aromatic N) is 1. The molecule has 0 unspecified atom stereocenters. The number of alkyl halides is 1. The van der Waals surface area contributed by atoms with Gasteiger partial charge in [0.25, 0.3) is 0 Å². The van der Waals surface area contributed by atoms with E-state index in [2.05, 4.69) is 25.8 Å². The van der Waals surface area contributed by atoms with Crippen molar-refractivity contribution in [3.63, 3.8) is 0 Å². The maximum absolute atomic E-state index is 6.13. The van der Waals surface area contributed by atoms with E-state index in [9.17, 15) is 0 Å². The summed E-state index contributed by atoms with van der Waals surface area (Å²) in [4.78, 5) is 2.37. The normalized spacial score (nSPS) is 19.4. The van der Waals surface area contributed by atoms with Gasteiger partial charge in [-0.1, -0.05) is 31.5 Å². The summed E-state index contributed by atoms with van der Waals surface area (Å²) < 4.78 is 0. The molecule has 0 amide bonds. The van der Waals surface area contributed by atoms with Crippen LogP contribution < -0.4 is 4.90 Å². The molecule has 1 fully saturated rings. The molecule has 0 atom stereocenters. The zero-order valence-electron chi connectivity index (χ0n) is 12.0. The molecule has 0 N–H and O–H groups in total. The minimum Gasteiger partial charge on any atom is -0.371 e. The second-order valence-electron chi connectivity index (χ2n) is 6.41. The quantitative estimate of drug-likeness (QED) is 0.668. The topological polar surface area (TPSA) is 3.24 Å². The van der Waals surface area contributed by atoms with Gasteiger partial charge >= 0.3 is 0 Å². The lowest BCUT2D eigenvalue weighted by molar-refractivity contribution is 0.222. The van der Waals surface area contributed by atoms with Crippen molar-refractivity contribution in [1.82, 2.24) is 0 Å². The minimum atomic E-state index is 0.501. The van der Waals surface area contributed by atoms with Crippen LogP contribution in [0.4, 0.5) is 5.69 Å². The molecule has 0 spiro atoms. The van der Waals surface area contributed by atoms with Crippen molar-refractivity contribution in [3.05, 3.63) is 28.8 Å². The molecular formula is C16H23Cl2N. The van der Waals surface area contributed by atoms with E-state index in [4.69, 9.17) is 23.2 Å². The third kappa shape index (κ3) is 3.58. The molecule has 1 nitrogen and oxygen atoms in total.